The van der Waals surface area contributed by atoms with E-state index in [-0.39, 0.29) is 6.61 Å². The van der Waals surface area contributed by atoms with Gasteiger partial charge in [-0.25, -0.2) is 0 Å². The summed E-state index contributed by atoms with van der Waals surface area (Å²) in [5.41, 5.74) is 4.90. The molecule has 1 aliphatic rings. The number of carbonyl (C=O) groups is 2. The number of esters is 2. The average Bonchev–Trinajstić information content (AvgIpc) is 2.29. The lowest BCUT2D eigenvalue weighted by Crippen LogP contribution is -2.40. The van der Waals surface area contributed by atoms with Crippen molar-refractivity contribution in [3.8, 4) is 0 Å². The van der Waals surface area contributed by atoms with Crippen molar-refractivity contribution in [1.82, 2.24) is 0 Å². The van der Waals surface area contributed by atoms with Crippen LogP contribution in [0.4, 0.5) is 0 Å². The molecule has 1 rings (SSSR count). The van der Waals surface area contributed by atoms with Crippen LogP contribution in [-0.4, -0.2) is 30.2 Å². The monoisotopic (exact) mass is 201 g/mol. The lowest BCUT2D eigenvalue weighted by Gasteiger charge is -2.22. The molecule has 5 heteroatoms. The van der Waals surface area contributed by atoms with Gasteiger partial charge >= 0.3 is 11.9 Å². The van der Waals surface area contributed by atoms with Gasteiger partial charge in [0.25, 0.3) is 0 Å². The van der Waals surface area contributed by atoms with Gasteiger partial charge in [-0.15, -0.1) is 0 Å². The summed E-state index contributed by atoms with van der Waals surface area (Å²) < 4.78 is 9.74. The molecule has 0 aromatic rings. The topological polar surface area (TPSA) is 78.6 Å². The molecular formula is C9H15NO4. The second-order valence-electron chi connectivity index (χ2n) is 4.30. The van der Waals surface area contributed by atoms with Crippen LogP contribution in [0.1, 0.15) is 20.8 Å². The van der Waals surface area contributed by atoms with Crippen molar-refractivity contribution in [3.05, 3.63) is 0 Å². The summed E-state index contributed by atoms with van der Waals surface area (Å²) in [5, 5.41) is 0. The summed E-state index contributed by atoms with van der Waals surface area (Å²) >= 11 is 0. The first kappa shape index (κ1) is 11.0. The van der Waals surface area contributed by atoms with Crippen LogP contribution in [-0.2, 0) is 19.1 Å². The first-order chi connectivity index (χ1) is 6.31. The molecule has 0 saturated carbocycles. The molecule has 0 unspecified atom stereocenters. The van der Waals surface area contributed by atoms with Crippen LogP contribution < -0.4 is 5.73 Å². The number of nitrogens with two attached hydrogens (primary N) is 1. The van der Waals surface area contributed by atoms with Crippen LogP contribution in [0.3, 0.4) is 0 Å². The zero-order chi connectivity index (χ0) is 10.9. The smallest absolute Gasteiger partial charge is 0.323 e. The van der Waals surface area contributed by atoms with Gasteiger partial charge in [0.2, 0.25) is 0 Å². The summed E-state index contributed by atoms with van der Waals surface area (Å²) in [5.74, 6) is -1.68. The van der Waals surface area contributed by atoms with E-state index in [0.29, 0.717) is 0 Å². The van der Waals surface area contributed by atoms with E-state index in [0.717, 1.165) is 0 Å². The highest BCUT2D eigenvalue weighted by Crippen LogP contribution is 2.18. The highest BCUT2D eigenvalue weighted by atomic mass is 16.6. The first-order valence-electron chi connectivity index (χ1n) is 4.46. The molecule has 0 radical (unpaired) electrons. The average molecular weight is 201 g/mol. The molecule has 0 bridgehead atoms. The van der Waals surface area contributed by atoms with Gasteiger partial charge in [0.1, 0.15) is 24.2 Å². The minimum absolute atomic E-state index is 0.0227. The van der Waals surface area contributed by atoms with E-state index >= 15 is 0 Å². The Kier molecular flexibility index (Phi) is 2.80. The van der Waals surface area contributed by atoms with Crippen molar-refractivity contribution in [2.45, 2.75) is 32.4 Å². The highest BCUT2D eigenvalue weighted by molar-refractivity contribution is 5.87. The third-order valence-corrected chi connectivity index (χ3v) is 1.82. The fourth-order valence-electron chi connectivity index (χ4n) is 1.13. The number of hydrogen-bond acceptors (Lipinski definition) is 5. The van der Waals surface area contributed by atoms with Crippen LogP contribution in [0.2, 0.25) is 0 Å². The van der Waals surface area contributed by atoms with Crippen molar-refractivity contribution in [1.29, 1.82) is 0 Å². The Labute approximate surface area is 82.5 Å². The van der Waals surface area contributed by atoms with Crippen LogP contribution in [0.15, 0.2) is 0 Å². The van der Waals surface area contributed by atoms with E-state index < -0.39 is 29.5 Å². The predicted molar refractivity (Wildman–Crippen MR) is 48.3 cm³/mol. The lowest BCUT2D eigenvalue weighted by molar-refractivity contribution is -0.160. The Hall–Kier alpha value is -1.10. The van der Waals surface area contributed by atoms with Gasteiger partial charge < -0.3 is 15.2 Å². The summed E-state index contributed by atoms with van der Waals surface area (Å²) in [4.78, 5) is 22.4. The normalized spacial score (nSPS) is 27.3. The van der Waals surface area contributed by atoms with Crippen LogP contribution in [0.25, 0.3) is 0 Å². The first-order valence-corrected chi connectivity index (χ1v) is 4.46. The minimum Gasteiger partial charge on any atom is -0.464 e. The zero-order valence-corrected chi connectivity index (χ0v) is 8.57. The van der Waals surface area contributed by atoms with E-state index in [1.807, 2.05) is 0 Å². The Morgan fingerprint density at radius 2 is 2.14 bits per heavy atom. The molecule has 1 saturated heterocycles. The minimum atomic E-state index is -0.884. The van der Waals surface area contributed by atoms with Crippen LogP contribution in [0.5, 0.6) is 0 Å². The summed E-state index contributed by atoms with van der Waals surface area (Å²) in [6, 6.07) is -0.884. The van der Waals surface area contributed by atoms with E-state index in [1.54, 1.807) is 20.8 Å². The Balaban J connectivity index is 2.58. The number of hydrogen-bond donors (Lipinski definition) is 1. The van der Waals surface area contributed by atoms with Gasteiger partial charge in [0, 0.05) is 0 Å². The van der Waals surface area contributed by atoms with Gasteiger partial charge in [0.15, 0.2) is 0 Å². The number of cyclic esters (lactones) is 1. The van der Waals surface area contributed by atoms with Crippen LogP contribution in [0, 0.1) is 5.92 Å². The molecule has 1 heterocycles. The lowest BCUT2D eigenvalue weighted by atomic mass is 10.0. The van der Waals surface area contributed by atoms with Crippen molar-refractivity contribution in [2.75, 3.05) is 6.61 Å². The number of ether oxygens (including phenoxy) is 2. The molecule has 14 heavy (non-hydrogen) atoms. The van der Waals surface area contributed by atoms with E-state index in [4.69, 9.17) is 10.5 Å². The number of carbonyl (C=O) groups excluding carboxylic acids is 2. The Morgan fingerprint density at radius 1 is 1.57 bits per heavy atom. The molecule has 0 amide bonds. The Morgan fingerprint density at radius 3 is 2.50 bits per heavy atom. The summed E-state index contributed by atoms with van der Waals surface area (Å²) in [6.07, 6.45) is 0. The largest absolute Gasteiger partial charge is 0.464 e. The molecular weight excluding hydrogens is 186 g/mol. The molecule has 0 aromatic heterocycles. The SMILES string of the molecule is CC(C)(C)OC(=O)[C@H]1COC(=O)[C@H]1N. The van der Waals surface area contributed by atoms with Crippen molar-refractivity contribution in [3.63, 3.8) is 0 Å². The molecule has 0 aromatic carbocycles. The summed E-state index contributed by atoms with van der Waals surface area (Å²) in [7, 11) is 0. The standard InChI is InChI=1S/C9H15NO4/c1-9(2,3)14-7(11)5-4-13-8(12)6(5)10/h5-6H,4,10H2,1-3H3/t5-,6-/m0/s1. The maximum Gasteiger partial charge on any atom is 0.323 e. The molecule has 0 spiro atoms. The fourth-order valence-corrected chi connectivity index (χ4v) is 1.13. The maximum atomic E-state index is 11.5. The van der Waals surface area contributed by atoms with E-state index in [2.05, 4.69) is 4.74 Å². The van der Waals surface area contributed by atoms with E-state index in [1.165, 1.54) is 0 Å². The zero-order valence-electron chi connectivity index (χ0n) is 8.57. The molecule has 1 fully saturated rings. The number of rotatable bonds is 1. The van der Waals surface area contributed by atoms with Crippen molar-refractivity contribution in [2.24, 2.45) is 11.7 Å². The van der Waals surface area contributed by atoms with Gasteiger partial charge in [-0.05, 0) is 20.8 Å². The van der Waals surface area contributed by atoms with Crippen LogP contribution >= 0.6 is 0 Å². The van der Waals surface area contributed by atoms with Gasteiger partial charge in [-0.1, -0.05) is 0 Å². The molecule has 2 N–H and O–H groups in total. The Bertz CT molecular complexity index is 256. The van der Waals surface area contributed by atoms with Crippen molar-refractivity contribution >= 4 is 11.9 Å². The maximum absolute atomic E-state index is 11.5. The fraction of sp³-hybridized carbons (Fsp3) is 0.778. The van der Waals surface area contributed by atoms with E-state index in [9.17, 15) is 9.59 Å². The molecule has 2 atom stereocenters. The molecule has 0 aliphatic carbocycles. The quantitative estimate of drug-likeness (QED) is 0.596. The second kappa shape index (κ2) is 3.57. The van der Waals surface area contributed by atoms with Gasteiger partial charge in [-0.2, -0.15) is 0 Å². The third-order valence-electron chi connectivity index (χ3n) is 1.82. The highest BCUT2D eigenvalue weighted by Gasteiger charge is 2.41. The van der Waals surface area contributed by atoms with Crippen molar-refractivity contribution < 1.29 is 19.1 Å². The molecule has 80 valence electrons. The molecule has 5 nitrogen and oxygen atoms in total. The predicted octanol–water partition coefficient (Wildman–Crippen LogP) is -0.172. The van der Waals surface area contributed by atoms with Gasteiger partial charge in [-0.3, -0.25) is 9.59 Å². The van der Waals surface area contributed by atoms with Gasteiger partial charge in [0.05, 0.1) is 0 Å². The summed E-state index contributed by atoms with van der Waals surface area (Å²) in [6.45, 7) is 5.30. The second-order valence-corrected chi connectivity index (χ2v) is 4.30. The third kappa shape index (κ3) is 2.45. The molecule has 1 aliphatic heterocycles.